The number of fused-ring (bicyclic) bond motifs is 1. The molecule has 2 rings (SSSR count). The van der Waals surface area contributed by atoms with Crippen molar-refractivity contribution in [2.75, 3.05) is 13.7 Å². The molecule has 0 spiro atoms. The molecule has 0 saturated carbocycles. The van der Waals surface area contributed by atoms with Gasteiger partial charge in [-0.3, -0.25) is 0 Å². The number of para-hydroxylation sites is 1. The van der Waals surface area contributed by atoms with E-state index in [0.717, 1.165) is 35.4 Å². The van der Waals surface area contributed by atoms with E-state index < -0.39 is 0 Å². The minimum atomic E-state index is 0.837. The molecule has 0 aliphatic rings. The van der Waals surface area contributed by atoms with Gasteiger partial charge in [-0.2, -0.15) is 0 Å². The molecule has 0 aliphatic carbocycles. The second-order valence-electron chi connectivity index (χ2n) is 4.06. The van der Waals surface area contributed by atoms with Crippen LogP contribution in [-0.4, -0.2) is 18.6 Å². The summed E-state index contributed by atoms with van der Waals surface area (Å²) in [5, 5.41) is 4.52. The second kappa shape index (κ2) is 5.15. The number of nitrogens with one attached hydrogen (secondary N) is 1. The van der Waals surface area contributed by atoms with Crippen LogP contribution in [0.2, 0.25) is 0 Å². The normalized spacial score (nSPS) is 10.8. The van der Waals surface area contributed by atoms with Gasteiger partial charge >= 0.3 is 0 Å². The van der Waals surface area contributed by atoms with Gasteiger partial charge in [-0.1, -0.05) is 19.1 Å². The van der Waals surface area contributed by atoms with Crippen LogP contribution in [0.4, 0.5) is 0 Å². The van der Waals surface area contributed by atoms with Crippen molar-refractivity contribution in [3.8, 4) is 5.75 Å². The molecule has 1 aromatic heterocycles. The minimum absolute atomic E-state index is 0.837. The Bertz CT molecular complexity index is 523. The number of hydrogen-bond donors (Lipinski definition) is 1. The first-order valence-corrected chi connectivity index (χ1v) is 5.90. The Kier molecular flexibility index (Phi) is 3.59. The number of methoxy groups -OCH3 is 1. The molecule has 0 saturated heterocycles. The van der Waals surface area contributed by atoms with E-state index in [1.165, 1.54) is 5.56 Å². The topological polar surface area (TPSA) is 34.2 Å². The summed E-state index contributed by atoms with van der Waals surface area (Å²) in [6.45, 7) is 5.95. The summed E-state index contributed by atoms with van der Waals surface area (Å²) < 4.78 is 5.36. The van der Waals surface area contributed by atoms with E-state index in [0.29, 0.717) is 0 Å². The summed E-state index contributed by atoms with van der Waals surface area (Å²) >= 11 is 0. The van der Waals surface area contributed by atoms with E-state index in [-0.39, 0.29) is 0 Å². The zero-order valence-electron chi connectivity index (χ0n) is 10.6. The standard InChI is InChI=1S/C14H18N2O/c1-4-15-9-11-8-10(2)16-14-12(11)6-5-7-13(14)17-3/h5-8,15H,4,9H2,1-3H3. The van der Waals surface area contributed by atoms with Crippen molar-refractivity contribution in [3.05, 3.63) is 35.5 Å². The Morgan fingerprint density at radius 2 is 2.18 bits per heavy atom. The molecule has 1 heterocycles. The number of rotatable bonds is 4. The number of pyridine rings is 1. The van der Waals surface area contributed by atoms with Gasteiger partial charge in [-0.05, 0) is 31.2 Å². The van der Waals surface area contributed by atoms with Crippen molar-refractivity contribution < 1.29 is 4.74 Å². The summed E-state index contributed by atoms with van der Waals surface area (Å²) in [5.74, 6) is 0.837. The molecule has 1 aromatic carbocycles. The van der Waals surface area contributed by atoms with E-state index in [1.54, 1.807) is 7.11 Å². The number of ether oxygens (including phenoxy) is 1. The Morgan fingerprint density at radius 3 is 2.88 bits per heavy atom. The van der Waals surface area contributed by atoms with E-state index in [4.69, 9.17) is 4.74 Å². The number of benzene rings is 1. The Labute approximate surface area is 102 Å². The van der Waals surface area contributed by atoms with Gasteiger partial charge < -0.3 is 10.1 Å². The van der Waals surface area contributed by atoms with Crippen molar-refractivity contribution >= 4 is 10.9 Å². The van der Waals surface area contributed by atoms with Crippen LogP contribution in [0.25, 0.3) is 10.9 Å². The lowest BCUT2D eigenvalue weighted by Gasteiger charge is -2.10. The summed E-state index contributed by atoms with van der Waals surface area (Å²) in [7, 11) is 1.68. The third-order valence-electron chi connectivity index (χ3n) is 2.80. The number of aromatic nitrogens is 1. The van der Waals surface area contributed by atoms with Gasteiger partial charge in [0.15, 0.2) is 0 Å². The van der Waals surface area contributed by atoms with Crippen LogP contribution >= 0.6 is 0 Å². The first-order valence-electron chi connectivity index (χ1n) is 5.90. The monoisotopic (exact) mass is 230 g/mol. The van der Waals surface area contributed by atoms with Crippen molar-refractivity contribution in [2.45, 2.75) is 20.4 Å². The number of hydrogen-bond acceptors (Lipinski definition) is 3. The van der Waals surface area contributed by atoms with Crippen LogP contribution in [-0.2, 0) is 6.54 Å². The highest BCUT2D eigenvalue weighted by atomic mass is 16.5. The van der Waals surface area contributed by atoms with Crippen LogP contribution in [0, 0.1) is 6.92 Å². The molecule has 0 fully saturated rings. The Balaban J connectivity index is 2.59. The lowest BCUT2D eigenvalue weighted by Crippen LogP contribution is -2.12. The summed E-state index contributed by atoms with van der Waals surface area (Å²) in [5.41, 5.74) is 3.24. The van der Waals surface area contributed by atoms with Crippen molar-refractivity contribution in [1.29, 1.82) is 0 Å². The molecule has 90 valence electrons. The van der Waals surface area contributed by atoms with Gasteiger partial charge in [-0.15, -0.1) is 0 Å². The predicted molar refractivity (Wildman–Crippen MR) is 70.4 cm³/mol. The molecule has 17 heavy (non-hydrogen) atoms. The highest BCUT2D eigenvalue weighted by molar-refractivity contribution is 5.87. The van der Waals surface area contributed by atoms with Crippen molar-refractivity contribution in [2.24, 2.45) is 0 Å². The van der Waals surface area contributed by atoms with Gasteiger partial charge in [0.1, 0.15) is 11.3 Å². The molecule has 3 nitrogen and oxygen atoms in total. The largest absolute Gasteiger partial charge is 0.494 e. The average molecular weight is 230 g/mol. The molecule has 0 amide bonds. The maximum Gasteiger partial charge on any atom is 0.145 e. The average Bonchev–Trinajstić information content (AvgIpc) is 2.35. The molecule has 0 unspecified atom stereocenters. The second-order valence-corrected chi connectivity index (χ2v) is 4.06. The summed E-state index contributed by atoms with van der Waals surface area (Å²) in [6.07, 6.45) is 0. The smallest absolute Gasteiger partial charge is 0.145 e. The Morgan fingerprint density at radius 1 is 1.35 bits per heavy atom. The van der Waals surface area contributed by atoms with Gasteiger partial charge in [0.2, 0.25) is 0 Å². The number of aryl methyl sites for hydroxylation is 1. The summed E-state index contributed by atoms with van der Waals surface area (Å²) in [6, 6.07) is 8.18. The molecule has 0 radical (unpaired) electrons. The molecule has 0 atom stereocenters. The van der Waals surface area contributed by atoms with Crippen LogP contribution in [0.15, 0.2) is 24.3 Å². The fourth-order valence-electron chi connectivity index (χ4n) is 2.01. The quantitative estimate of drug-likeness (QED) is 0.876. The van der Waals surface area contributed by atoms with Gasteiger partial charge in [0, 0.05) is 17.6 Å². The molecular formula is C14H18N2O. The van der Waals surface area contributed by atoms with Gasteiger partial charge in [0.25, 0.3) is 0 Å². The third kappa shape index (κ3) is 2.39. The van der Waals surface area contributed by atoms with Crippen LogP contribution in [0.3, 0.4) is 0 Å². The van der Waals surface area contributed by atoms with Crippen LogP contribution in [0.5, 0.6) is 5.75 Å². The van der Waals surface area contributed by atoms with Crippen LogP contribution < -0.4 is 10.1 Å². The maximum atomic E-state index is 5.36. The van der Waals surface area contributed by atoms with Crippen molar-refractivity contribution in [3.63, 3.8) is 0 Å². The van der Waals surface area contributed by atoms with E-state index in [9.17, 15) is 0 Å². The molecule has 2 aromatic rings. The molecule has 1 N–H and O–H groups in total. The van der Waals surface area contributed by atoms with Crippen molar-refractivity contribution in [1.82, 2.24) is 10.3 Å². The maximum absolute atomic E-state index is 5.36. The fourth-order valence-corrected chi connectivity index (χ4v) is 2.01. The lowest BCUT2D eigenvalue weighted by molar-refractivity contribution is 0.419. The van der Waals surface area contributed by atoms with Gasteiger partial charge in [-0.25, -0.2) is 4.98 Å². The van der Waals surface area contributed by atoms with E-state index >= 15 is 0 Å². The predicted octanol–water partition coefficient (Wildman–Crippen LogP) is 2.66. The first kappa shape index (κ1) is 11.9. The molecule has 3 heteroatoms. The van der Waals surface area contributed by atoms with Gasteiger partial charge in [0.05, 0.1) is 7.11 Å². The minimum Gasteiger partial charge on any atom is -0.494 e. The third-order valence-corrected chi connectivity index (χ3v) is 2.80. The number of nitrogens with zero attached hydrogens (tertiary/aromatic N) is 1. The molecular weight excluding hydrogens is 212 g/mol. The first-order chi connectivity index (χ1) is 8.26. The molecule has 0 aliphatic heterocycles. The fraction of sp³-hybridized carbons (Fsp3) is 0.357. The SMILES string of the molecule is CCNCc1cc(C)nc2c(OC)cccc12. The lowest BCUT2D eigenvalue weighted by atomic mass is 10.1. The van der Waals surface area contributed by atoms with Crippen LogP contribution in [0.1, 0.15) is 18.2 Å². The zero-order chi connectivity index (χ0) is 12.3. The highest BCUT2D eigenvalue weighted by Gasteiger charge is 2.07. The molecule has 0 bridgehead atoms. The summed E-state index contributed by atoms with van der Waals surface area (Å²) in [4.78, 5) is 4.56. The highest BCUT2D eigenvalue weighted by Crippen LogP contribution is 2.26. The van der Waals surface area contributed by atoms with E-state index in [2.05, 4.69) is 29.4 Å². The van der Waals surface area contributed by atoms with E-state index in [1.807, 2.05) is 19.1 Å². The Hall–Kier alpha value is -1.61. The zero-order valence-corrected chi connectivity index (χ0v) is 10.6.